The summed E-state index contributed by atoms with van der Waals surface area (Å²) in [5.41, 5.74) is 0.108. The maximum Gasteiger partial charge on any atom is 0.482 e. The van der Waals surface area contributed by atoms with Crippen molar-refractivity contribution in [3.63, 3.8) is 0 Å². The van der Waals surface area contributed by atoms with Gasteiger partial charge in [-0.1, -0.05) is 39.9 Å². The Morgan fingerprint density at radius 1 is 1.31 bits per heavy atom. The van der Waals surface area contributed by atoms with Crippen molar-refractivity contribution in [2.24, 2.45) is 0 Å². The molecule has 0 radical (unpaired) electrons. The summed E-state index contributed by atoms with van der Waals surface area (Å²) in [6, 6.07) is 4.59. The summed E-state index contributed by atoms with van der Waals surface area (Å²) in [5.74, 6) is 0. The summed E-state index contributed by atoms with van der Waals surface area (Å²) in [6.07, 6.45) is -0.944. The Kier molecular flexibility index (Phi) is 3.30. The Hall–Kier alpha value is -0.155. The molecule has 72 valence electrons. The number of benzene rings is 1. The lowest BCUT2D eigenvalue weighted by molar-refractivity contribution is 0.468. The molecule has 0 N–H and O–H groups in total. The first-order chi connectivity index (χ1) is 5.90. The van der Waals surface area contributed by atoms with E-state index in [0.717, 1.165) is 0 Å². The number of rotatable bonds is 2. The molecule has 0 aliphatic heterocycles. The maximum absolute atomic E-state index is 12.1. The van der Waals surface area contributed by atoms with E-state index in [4.69, 9.17) is 11.6 Å². The molecule has 0 aliphatic rings. The molecule has 0 aromatic heterocycles. The van der Waals surface area contributed by atoms with Gasteiger partial charge in [0.05, 0.1) is 0 Å². The highest BCUT2D eigenvalue weighted by atomic mass is 79.9. The Balaban J connectivity index is 3.00. The topological polar surface area (TPSA) is 0 Å². The van der Waals surface area contributed by atoms with Crippen LogP contribution in [0.25, 0.3) is 0 Å². The van der Waals surface area contributed by atoms with E-state index >= 15 is 0 Å². The van der Waals surface area contributed by atoms with Gasteiger partial charge in [-0.3, -0.25) is 0 Å². The van der Waals surface area contributed by atoms with E-state index in [1.807, 2.05) is 0 Å². The van der Waals surface area contributed by atoms with Gasteiger partial charge in [0.15, 0.2) is 0 Å². The van der Waals surface area contributed by atoms with Gasteiger partial charge in [-0.05, 0) is 17.7 Å². The van der Waals surface area contributed by atoms with E-state index in [1.54, 1.807) is 12.1 Å². The smallest absolute Gasteiger partial charge is 0.449 e. The molecule has 0 saturated heterocycles. The number of hydrogen-bond donors (Lipinski definition) is 0. The van der Waals surface area contributed by atoms with Gasteiger partial charge in [0.2, 0.25) is 0 Å². The molecule has 0 bridgehead atoms. The molecule has 1 aromatic carbocycles. The van der Waals surface area contributed by atoms with Crippen LogP contribution in [0.1, 0.15) is 5.56 Å². The van der Waals surface area contributed by atoms with Gasteiger partial charge in [-0.15, -0.1) is 0 Å². The molecule has 13 heavy (non-hydrogen) atoms. The van der Waals surface area contributed by atoms with Gasteiger partial charge in [-0.25, -0.2) is 0 Å². The average Bonchev–Trinajstić information content (AvgIpc) is 1.95. The van der Waals surface area contributed by atoms with Crippen LogP contribution in [0.3, 0.4) is 0 Å². The van der Waals surface area contributed by atoms with Crippen LogP contribution in [0.2, 0.25) is 5.02 Å². The minimum Gasteiger partial charge on any atom is -0.449 e. The SMILES string of the molecule is F[B-](F)(F)Cc1c(Cl)cccc1Br. The summed E-state index contributed by atoms with van der Waals surface area (Å²) >= 11 is 8.64. The van der Waals surface area contributed by atoms with Crippen LogP contribution in [-0.2, 0) is 6.32 Å². The first kappa shape index (κ1) is 10.9. The zero-order chi connectivity index (χ0) is 10.1. The fraction of sp³-hybridized carbons (Fsp3) is 0.143. The molecule has 0 heterocycles. The molecule has 0 atom stereocenters. The van der Waals surface area contributed by atoms with Crippen molar-refractivity contribution in [3.05, 3.63) is 33.3 Å². The Morgan fingerprint density at radius 2 is 1.92 bits per heavy atom. The predicted octanol–water partition coefficient (Wildman–Crippen LogP) is 4.03. The largest absolute Gasteiger partial charge is 0.482 e. The summed E-state index contributed by atoms with van der Waals surface area (Å²) < 4.78 is 36.7. The van der Waals surface area contributed by atoms with E-state index in [0.29, 0.717) is 4.47 Å². The third-order valence-corrected chi connectivity index (χ3v) is 2.59. The van der Waals surface area contributed by atoms with E-state index in [9.17, 15) is 12.9 Å². The van der Waals surface area contributed by atoms with Gasteiger partial charge in [-0.2, -0.15) is 0 Å². The van der Waals surface area contributed by atoms with Crippen molar-refractivity contribution in [2.75, 3.05) is 0 Å². The molecule has 1 aromatic rings. The normalized spacial score (nSPS) is 11.8. The van der Waals surface area contributed by atoms with E-state index in [2.05, 4.69) is 15.9 Å². The molecule has 0 aliphatic carbocycles. The van der Waals surface area contributed by atoms with Crippen molar-refractivity contribution >= 4 is 34.5 Å². The average molecular weight is 272 g/mol. The highest BCUT2D eigenvalue weighted by molar-refractivity contribution is 9.10. The van der Waals surface area contributed by atoms with Crippen molar-refractivity contribution in [1.82, 2.24) is 0 Å². The van der Waals surface area contributed by atoms with Gasteiger partial charge in [0.1, 0.15) is 0 Å². The highest BCUT2D eigenvalue weighted by Crippen LogP contribution is 2.29. The fourth-order valence-electron chi connectivity index (χ4n) is 0.959. The van der Waals surface area contributed by atoms with Crippen molar-refractivity contribution < 1.29 is 12.9 Å². The third kappa shape index (κ3) is 3.23. The molecule has 0 fully saturated rings. The minimum absolute atomic E-state index is 0.108. The van der Waals surface area contributed by atoms with Gasteiger partial charge < -0.3 is 12.9 Å². The standard InChI is InChI=1S/C7H5BBrClF3/c9-6-2-1-3-7(10)5(6)4-8(11,12)13/h1-3H,4H2/q-1. The van der Waals surface area contributed by atoms with E-state index in [-0.39, 0.29) is 10.6 Å². The monoisotopic (exact) mass is 271 g/mol. The van der Waals surface area contributed by atoms with Crippen molar-refractivity contribution in [2.45, 2.75) is 6.32 Å². The van der Waals surface area contributed by atoms with E-state index < -0.39 is 13.3 Å². The Morgan fingerprint density at radius 3 is 2.38 bits per heavy atom. The number of halogens is 5. The highest BCUT2D eigenvalue weighted by Gasteiger charge is 2.25. The quantitative estimate of drug-likeness (QED) is 0.713. The second-order valence-electron chi connectivity index (χ2n) is 2.61. The lowest BCUT2D eigenvalue weighted by Gasteiger charge is -2.15. The van der Waals surface area contributed by atoms with Gasteiger partial charge in [0, 0.05) is 9.50 Å². The molecular weight excluding hydrogens is 267 g/mol. The van der Waals surface area contributed by atoms with Crippen LogP contribution >= 0.6 is 27.5 Å². The van der Waals surface area contributed by atoms with Crippen LogP contribution in [0.5, 0.6) is 0 Å². The van der Waals surface area contributed by atoms with Crippen LogP contribution in [-0.4, -0.2) is 6.98 Å². The molecule has 0 unspecified atom stereocenters. The van der Waals surface area contributed by atoms with Crippen LogP contribution in [0, 0.1) is 0 Å². The van der Waals surface area contributed by atoms with Crippen LogP contribution in [0.4, 0.5) is 12.9 Å². The van der Waals surface area contributed by atoms with E-state index in [1.165, 1.54) is 6.07 Å². The van der Waals surface area contributed by atoms with Crippen LogP contribution in [0.15, 0.2) is 22.7 Å². The lowest BCUT2D eigenvalue weighted by Crippen LogP contribution is -2.19. The molecule has 6 heteroatoms. The minimum atomic E-state index is -4.83. The van der Waals surface area contributed by atoms with Crippen molar-refractivity contribution in [3.8, 4) is 0 Å². The summed E-state index contributed by atoms with van der Waals surface area (Å²) in [4.78, 5) is 0. The predicted molar refractivity (Wildman–Crippen MR) is 51.9 cm³/mol. The third-order valence-electron chi connectivity index (χ3n) is 1.50. The first-order valence-corrected chi connectivity index (χ1v) is 4.71. The second kappa shape index (κ2) is 3.92. The van der Waals surface area contributed by atoms with Gasteiger partial charge in [0.25, 0.3) is 0 Å². The fourth-order valence-corrected chi connectivity index (χ4v) is 1.85. The Bertz CT molecular complexity index is 293. The summed E-state index contributed by atoms with van der Waals surface area (Å²) in [7, 11) is 0. The summed E-state index contributed by atoms with van der Waals surface area (Å²) in [5, 5.41) is 0.147. The molecule has 0 saturated carbocycles. The molecule has 1 rings (SSSR count). The zero-order valence-electron chi connectivity index (χ0n) is 6.41. The van der Waals surface area contributed by atoms with Crippen molar-refractivity contribution in [1.29, 1.82) is 0 Å². The second-order valence-corrected chi connectivity index (χ2v) is 3.88. The van der Waals surface area contributed by atoms with Crippen LogP contribution < -0.4 is 0 Å². The Labute approximate surface area is 87.3 Å². The maximum atomic E-state index is 12.1. The molecule has 0 spiro atoms. The molecule has 0 amide bonds. The lowest BCUT2D eigenvalue weighted by atomic mass is 9.82. The first-order valence-electron chi connectivity index (χ1n) is 3.54. The molecule has 0 nitrogen and oxygen atoms in total. The number of hydrogen-bond acceptors (Lipinski definition) is 0. The summed E-state index contributed by atoms with van der Waals surface area (Å²) in [6.45, 7) is -4.83. The van der Waals surface area contributed by atoms with Gasteiger partial charge >= 0.3 is 6.98 Å². The molecular formula is C7H5BBrClF3-. The zero-order valence-corrected chi connectivity index (χ0v) is 8.75.